The van der Waals surface area contributed by atoms with Gasteiger partial charge in [-0.25, -0.2) is 39.9 Å². The Morgan fingerprint density at radius 1 is 0.193 bits per heavy atom. The number of rotatable bonds is 9. The van der Waals surface area contributed by atoms with Gasteiger partial charge in [-0.2, -0.15) is 0 Å². The molecular formula is C126H84N14. The van der Waals surface area contributed by atoms with Crippen molar-refractivity contribution in [2.45, 2.75) is 38.5 Å². The molecule has 0 amide bonds. The summed E-state index contributed by atoms with van der Waals surface area (Å²) in [7, 11) is 0. The summed E-state index contributed by atoms with van der Waals surface area (Å²) in [4.78, 5) is 34.8. The lowest BCUT2D eigenvalue weighted by molar-refractivity contribution is 0.657. The van der Waals surface area contributed by atoms with E-state index in [0.717, 1.165) is 65.8 Å². The molecule has 0 saturated carbocycles. The van der Waals surface area contributed by atoms with Crippen molar-refractivity contribution in [2.24, 2.45) is 0 Å². The first kappa shape index (κ1) is 80.1. The maximum absolute atomic E-state index is 4.60. The highest BCUT2D eigenvalue weighted by Gasteiger charge is 2.41. The third kappa shape index (κ3) is 12.1. The van der Waals surface area contributed by atoms with Gasteiger partial charge in [0.05, 0.1) is 77.6 Å². The minimum absolute atomic E-state index is 0.0983. The van der Waals surface area contributed by atoms with E-state index in [2.05, 4.69) is 477 Å². The largest absolute Gasteiger partial charge is 0.309 e. The molecule has 30 rings (SSSR count). The molecule has 0 spiro atoms. The third-order valence-electron chi connectivity index (χ3n) is 29.8. The first-order chi connectivity index (χ1) is 69.0. The molecule has 28 aromatic rings. The van der Waals surface area contributed by atoms with Crippen molar-refractivity contribution in [2.75, 3.05) is 0 Å². The molecule has 0 N–H and O–H groups in total. The Kier molecular flexibility index (Phi) is 17.8. The first-order valence-corrected chi connectivity index (χ1v) is 47.6. The predicted octanol–water partition coefficient (Wildman–Crippen LogP) is 30.7. The van der Waals surface area contributed by atoms with E-state index in [1.54, 1.807) is 12.4 Å². The molecule has 2 aliphatic carbocycles. The van der Waals surface area contributed by atoms with E-state index in [0.29, 0.717) is 17.8 Å². The van der Waals surface area contributed by atoms with Crippen molar-refractivity contribution < 1.29 is 0 Å². The van der Waals surface area contributed by atoms with E-state index in [1.807, 2.05) is 18.2 Å². The number of aromatic nitrogens is 14. The predicted molar refractivity (Wildman–Crippen MR) is 574 cm³/mol. The molecule has 0 atom stereocenters. The van der Waals surface area contributed by atoms with Crippen LogP contribution in [0.1, 0.15) is 49.9 Å². The molecule has 0 bridgehead atoms. The van der Waals surface area contributed by atoms with Gasteiger partial charge in [-0.05, 0) is 233 Å². The quantitative estimate of drug-likeness (QED) is 0.140. The third-order valence-corrected chi connectivity index (χ3v) is 29.8. The summed E-state index contributed by atoms with van der Waals surface area (Å²) in [6.45, 7) is 9.53. The molecule has 0 fully saturated rings. The van der Waals surface area contributed by atoms with Crippen LogP contribution in [0, 0.1) is 0 Å². The van der Waals surface area contributed by atoms with Gasteiger partial charge in [0.25, 0.3) is 0 Å². The second kappa shape index (κ2) is 31.1. The fourth-order valence-corrected chi connectivity index (χ4v) is 23.6. The topological polar surface area (TPSA) is 133 Å². The zero-order valence-corrected chi connectivity index (χ0v) is 76.8. The van der Waals surface area contributed by atoms with Gasteiger partial charge in [-0.3, -0.25) is 13.7 Å². The highest BCUT2D eigenvalue weighted by atomic mass is 15.2. The molecule has 19 aromatic carbocycles. The molecule has 140 heavy (non-hydrogen) atoms. The Hall–Kier alpha value is -18.4. The molecule has 9 aromatic heterocycles. The van der Waals surface area contributed by atoms with Crippen LogP contribution in [0.15, 0.2) is 438 Å². The van der Waals surface area contributed by atoms with Crippen LogP contribution in [-0.2, 0) is 10.8 Å². The van der Waals surface area contributed by atoms with Crippen LogP contribution in [0.2, 0.25) is 0 Å². The van der Waals surface area contributed by atoms with E-state index in [9.17, 15) is 0 Å². The lowest BCUT2D eigenvalue weighted by Gasteiger charge is -2.25. The van der Waals surface area contributed by atoms with Crippen LogP contribution in [0.25, 0.3) is 243 Å². The number of hydrogen-bond acceptors (Lipinski definition) is 8. The van der Waals surface area contributed by atoms with Crippen LogP contribution < -0.4 is 0 Å². The lowest BCUT2D eigenvalue weighted by atomic mass is 9.81. The van der Waals surface area contributed by atoms with Crippen LogP contribution in [-0.4, -0.2) is 67.3 Å². The van der Waals surface area contributed by atoms with Crippen molar-refractivity contribution in [3.05, 3.63) is 460 Å². The number of benzene rings is 19. The highest BCUT2D eigenvalue weighted by Crippen LogP contribution is 2.57. The Balaban J connectivity index is 0.000000104. The molecular weight excluding hydrogens is 1710 g/mol. The Morgan fingerprint density at radius 2 is 0.493 bits per heavy atom. The zero-order chi connectivity index (χ0) is 92.7. The summed E-state index contributed by atoms with van der Waals surface area (Å²) in [5.74, 6) is 1.88. The fourth-order valence-electron chi connectivity index (χ4n) is 23.6. The van der Waals surface area contributed by atoms with E-state index < -0.39 is 0 Å². The molecule has 0 saturated heterocycles. The summed E-state index contributed by atoms with van der Waals surface area (Å²) >= 11 is 0. The van der Waals surface area contributed by atoms with Crippen molar-refractivity contribution in [1.29, 1.82) is 0 Å². The molecule has 0 aliphatic heterocycles. The maximum Gasteiger partial charge on any atom is 0.237 e. The molecule has 14 heteroatoms. The number of para-hydroxylation sites is 7. The zero-order valence-electron chi connectivity index (χ0n) is 76.8. The normalized spacial score (nSPS) is 13.0. The molecule has 0 unspecified atom stereocenters. The van der Waals surface area contributed by atoms with Gasteiger partial charge in [-0.15, -0.1) is 0 Å². The summed E-state index contributed by atoms with van der Waals surface area (Å²) in [5.41, 5.74) is 35.2. The molecule has 0 radical (unpaired) electrons. The standard InChI is InChI=1S/C49H34N2.C47H32N4.C30H18N8/c1-49(2)40-19-12-22-46(48(40)47-35-16-7-6-13-31(35)23-26-41(47)49)51-43-21-11-9-18-37(43)39-30-33(25-28-45(39)51)32-24-27-44-38(29-32)36-17-8-10-20-42(36)50(44)34-14-4-3-5-15-34;1-47(2)38-22-19-29-11-3-4-12-32(29)44(38)35-15-9-18-43(45(35)47)50-39-16-7-5-13-33(39)36-27-30(20-23-41(36)50)31-21-24-42-37(28-31)34-14-6-8-17-40(34)51(42)46-48-25-10-26-49-46;1-3-7-25-21(5-1)23-13-19(9-11-27(23)37(25)29-33-15-31-16-34-29)20-10-12-28-24(14-20)22-6-2-4-8-26(22)38(28)30-35-17-32-18-36-30/h3-30H,1-2H3;3-28H,1-2H3;1-18H. The number of hydrogen-bond donors (Lipinski definition) is 0. The summed E-state index contributed by atoms with van der Waals surface area (Å²) in [6, 6.07) is 146. The van der Waals surface area contributed by atoms with Gasteiger partial charge in [0.15, 0.2) is 0 Å². The minimum atomic E-state index is -0.164. The summed E-state index contributed by atoms with van der Waals surface area (Å²) in [5, 5.41) is 19.7. The van der Waals surface area contributed by atoms with Crippen LogP contribution >= 0.6 is 0 Å². The minimum Gasteiger partial charge on any atom is -0.309 e. The van der Waals surface area contributed by atoms with Gasteiger partial charge in [0.1, 0.15) is 25.3 Å². The van der Waals surface area contributed by atoms with Crippen molar-refractivity contribution >= 4 is 152 Å². The van der Waals surface area contributed by atoms with Gasteiger partial charge < -0.3 is 13.7 Å². The average Bonchev–Trinajstić information content (AvgIpc) is 1.54. The van der Waals surface area contributed by atoms with E-state index in [4.69, 9.17) is 0 Å². The van der Waals surface area contributed by atoms with Crippen molar-refractivity contribution in [3.63, 3.8) is 0 Å². The molecule has 2 aliphatic rings. The number of nitrogens with zero attached hydrogens (tertiary/aromatic N) is 14. The second-order valence-electron chi connectivity index (χ2n) is 37.8. The van der Waals surface area contributed by atoms with Crippen molar-refractivity contribution in [3.8, 4) is 90.5 Å². The van der Waals surface area contributed by atoms with Crippen LogP contribution in [0.5, 0.6) is 0 Å². The van der Waals surface area contributed by atoms with Crippen molar-refractivity contribution in [1.82, 2.24) is 67.3 Å². The van der Waals surface area contributed by atoms with E-state index >= 15 is 0 Å². The van der Waals surface area contributed by atoms with Crippen LogP contribution in [0.3, 0.4) is 0 Å². The van der Waals surface area contributed by atoms with E-state index in [-0.39, 0.29) is 10.8 Å². The Labute approximate surface area is 803 Å². The lowest BCUT2D eigenvalue weighted by Crippen LogP contribution is -2.18. The maximum atomic E-state index is 4.60. The first-order valence-electron chi connectivity index (χ1n) is 47.6. The molecule has 9 heterocycles. The molecule has 14 nitrogen and oxygen atoms in total. The van der Waals surface area contributed by atoms with Gasteiger partial charge in [0.2, 0.25) is 17.8 Å². The Morgan fingerprint density at radius 3 is 0.907 bits per heavy atom. The monoisotopic (exact) mass is 1790 g/mol. The SMILES string of the molecule is CC1(C)c2ccc3ccccc3c2-c2cccc(-n3c4ccccc4c4cc(-c5ccc6c(c5)c5ccccc5n6-c5ncccn5)ccc43)c21.CC1(C)c2cccc(-n3c4ccccc4c4cc(-c5ccc6c(c5)c5ccccc5n6-c5ccccc5)ccc43)c2-c2c1ccc1ccccc21.c1ccc2c(c1)c1cc(-c3ccc4c(c3)c3ccccc3n4-c3ncncn3)ccc1n2-c1ncncn1. The van der Waals surface area contributed by atoms with E-state index in [1.165, 1.54) is 207 Å². The van der Waals surface area contributed by atoms with Gasteiger partial charge in [-0.1, -0.05) is 289 Å². The van der Waals surface area contributed by atoms with Crippen LogP contribution in [0.4, 0.5) is 0 Å². The van der Waals surface area contributed by atoms with Gasteiger partial charge >= 0.3 is 0 Å². The van der Waals surface area contributed by atoms with Gasteiger partial charge in [0, 0.05) is 99.1 Å². The molecule has 658 valence electrons. The average molecular weight is 1790 g/mol. The second-order valence-corrected chi connectivity index (χ2v) is 37.8. The fraction of sp³-hybridized carbons (Fsp3) is 0.0476. The number of fused-ring (bicyclic) bond motifs is 28. The summed E-state index contributed by atoms with van der Waals surface area (Å²) in [6.07, 6.45) is 9.71. The Bertz CT molecular complexity index is 9880. The summed E-state index contributed by atoms with van der Waals surface area (Å²) < 4.78 is 13.7. The highest BCUT2D eigenvalue weighted by molar-refractivity contribution is 6.18. The smallest absolute Gasteiger partial charge is 0.237 e.